The first kappa shape index (κ1) is 12.3. The van der Waals surface area contributed by atoms with E-state index in [-0.39, 0.29) is 19.1 Å². The van der Waals surface area contributed by atoms with E-state index in [0.29, 0.717) is 6.54 Å². The van der Waals surface area contributed by atoms with Crippen molar-refractivity contribution in [1.29, 1.82) is 0 Å². The predicted octanol–water partition coefficient (Wildman–Crippen LogP) is 0.155. The summed E-state index contributed by atoms with van der Waals surface area (Å²) in [6.45, 7) is 2.57. The van der Waals surface area contributed by atoms with Crippen LogP contribution in [0, 0.1) is 5.92 Å². The van der Waals surface area contributed by atoms with E-state index < -0.39 is 24.4 Å². The lowest BCUT2D eigenvalue weighted by molar-refractivity contribution is -0.159. The molecule has 1 saturated heterocycles. The van der Waals surface area contributed by atoms with Gasteiger partial charge in [0.15, 0.2) is 0 Å². The van der Waals surface area contributed by atoms with Crippen molar-refractivity contribution in [3.05, 3.63) is 0 Å². The highest BCUT2D eigenvalue weighted by atomic mass is 19.3. The molecule has 0 aliphatic carbocycles. The molecule has 1 fully saturated rings. The Morgan fingerprint density at radius 2 is 2.40 bits per heavy atom. The Hall–Kier alpha value is -0.750. The quantitative estimate of drug-likeness (QED) is 0.652. The summed E-state index contributed by atoms with van der Waals surface area (Å²) in [5, 5.41) is 11.6. The minimum atomic E-state index is -3.34. The number of halogens is 2. The van der Waals surface area contributed by atoms with E-state index in [1.165, 1.54) is 0 Å². The molecule has 0 bridgehead atoms. The molecule has 6 heteroatoms. The van der Waals surface area contributed by atoms with E-state index in [2.05, 4.69) is 10.1 Å². The Labute approximate surface area is 86.6 Å². The van der Waals surface area contributed by atoms with E-state index in [1.54, 1.807) is 0 Å². The van der Waals surface area contributed by atoms with Crippen LogP contribution in [0.5, 0.6) is 0 Å². The van der Waals surface area contributed by atoms with E-state index in [4.69, 9.17) is 5.11 Å². The van der Waals surface area contributed by atoms with Crippen molar-refractivity contribution < 1.29 is 23.4 Å². The zero-order valence-electron chi connectivity index (χ0n) is 8.50. The highest BCUT2D eigenvalue weighted by molar-refractivity contribution is 5.79. The van der Waals surface area contributed by atoms with Gasteiger partial charge in [0.25, 0.3) is 0 Å². The zero-order valence-corrected chi connectivity index (χ0v) is 8.50. The summed E-state index contributed by atoms with van der Waals surface area (Å²) in [5.41, 5.74) is 0. The molecule has 2 atom stereocenters. The van der Waals surface area contributed by atoms with Gasteiger partial charge >= 0.3 is 11.9 Å². The number of carbonyl (C=O) groups is 1. The van der Waals surface area contributed by atoms with Gasteiger partial charge in [-0.1, -0.05) is 6.92 Å². The van der Waals surface area contributed by atoms with Crippen LogP contribution in [0.3, 0.4) is 0 Å². The third-order valence-corrected chi connectivity index (χ3v) is 2.23. The second-order valence-corrected chi connectivity index (χ2v) is 3.88. The van der Waals surface area contributed by atoms with Gasteiger partial charge in [-0.05, 0) is 5.92 Å². The maximum absolute atomic E-state index is 12.7. The molecule has 0 aromatic rings. The van der Waals surface area contributed by atoms with E-state index in [0.717, 1.165) is 0 Å². The molecule has 15 heavy (non-hydrogen) atoms. The number of hydrogen-bond donors (Lipinski definition) is 2. The van der Waals surface area contributed by atoms with E-state index >= 15 is 0 Å². The van der Waals surface area contributed by atoms with Gasteiger partial charge < -0.3 is 15.2 Å². The molecule has 2 N–H and O–H groups in total. The molecule has 2 unspecified atom stereocenters. The Morgan fingerprint density at radius 1 is 1.73 bits per heavy atom. The second kappa shape index (κ2) is 4.85. The molecular weight excluding hydrogens is 208 g/mol. The summed E-state index contributed by atoms with van der Waals surface area (Å²) in [6.07, 6.45) is -1.33. The molecular formula is C9H15F2NO3. The Morgan fingerprint density at radius 3 is 2.87 bits per heavy atom. The highest BCUT2D eigenvalue weighted by Gasteiger charge is 2.50. The van der Waals surface area contributed by atoms with Crippen molar-refractivity contribution in [3.8, 4) is 0 Å². The maximum atomic E-state index is 12.7. The van der Waals surface area contributed by atoms with Crippen LogP contribution < -0.4 is 5.32 Å². The monoisotopic (exact) mass is 223 g/mol. The largest absolute Gasteiger partial charge is 0.456 e. The number of ether oxygens (including phenoxy) is 1. The van der Waals surface area contributed by atoms with Crippen molar-refractivity contribution in [2.75, 3.05) is 19.7 Å². The van der Waals surface area contributed by atoms with Gasteiger partial charge in [-0.15, -0.1) is 0 Å². The number of aliphatic hydroxyl groups excluding tert-OH is 1. The van der Waals surface area contributed by atoms with Gasteiger partial charge in [-0.25, -0.2) is 4.79 Å². The summed E-state index contributed by atoms with van der Waals surface area (Å²) in [6, 6.07) is 0. The lowest BCUT2D eigenvalue weighted by atomic mass is 10.1. The number of hydrogen-bond acceptors (Lipinski definition) is 4. The van der Waals surface area contributed by atoms with Gasteiger partial charge in [-0.3, -0.25) is 0 Å². The van der Waals surface area contributed by atoms with Crippen LogP contribution in [0.15, 0.2) is 0 Å². The predicted molar refractivity (Wildman–Crippen MR) is 48.6 cm³/mol. The highest BCUT2D eigenvalue weighted by Crippen LogP contribution is 2.30. The number of esters is 1. The maximum Gasteiger partial charge on any atom is 0.377 e. The van der Waals surface area contributed by atoms with Crippen molar-refractivity contribution in [3.63, 3.8) is 0 Å². The molecule has 1 aliphatic heterocycles. The lowest BCUT2D eigenvalue weighted by Gasteiger charge is -2.12. The number of alkyl halides is 2. The first-order chi connectivity index (χ1) is 6.95. The molecule has 88 valence electrons. The van der Waals surface area contributed by atoms with Crippen LogP contribution in [0.1, 0.15) is 13.3 Å². The summed E-state index contributed by atoms with van der Waals surface area (Å²) < 4.78 is 29.9. The summed E-state index contributed by atoms with van der Waals surface area (Å²) >= 11 is 0. The fraction of sp³-hybridized carbons (Fsp3) is 0.889. The molecule has 1 rings (SSSR count). The normalized spacial score (nSPS) is 26.4. The number of aliphatic hydroxyl groups is 1. The Kier molecular flexibility index (Phi) is 3.98. The first-order valence-corrected chi connectivity index (χ1v) is 4.86. The van der Waals surface area contributed by atoms with Crippen molar-refractivity contribution >= 4 is 5.97 Å². The molecule has 0 saturated carbocycles. The second-order valence-electron chi connectivity index (χ2n) is 3.88. The summed E-state index contributed by atoms with van der Waals surface area (Å²) in [5.74, 6) is -4.72. The van der Waals surface area contributed by atoms with Gasteiger partial charge in [0, 0.05) is 19.7 Å². The molecule has 0 spiro atoms. The Balaban J connectivity index is 2.22. The minimum Gasteiger partial charge on any atom is -0.456 e. The smallest absolute Gasteiger partial charge is 0.377 e. The zero-order chi connectivity index (χ0) is 11.5. The third-order valence-electron chi connectivity index (χ3n) is 2.23. The Bertz CT molecular complexity index is 235. The number of rotatable bonds is 5. The van der Waals surface area contributed by atoms with Crippen molar-refractivity contribution in [2.24, 2.45) is 5.92 Å². The van der Waals surface area contributed by atoms with Crippen LogP contribution in [-0.2, 0) is 9.53 Å². The number of carbonyl (C=O) groups excluding carboxylic acids is 1. The summed E-state index contributed by atoms with van der Waals surface area (Å²) in [7, 11) is 0. The van der Waals surface area contributed by atoms with E-state index in [1.807, 2.05) is 6.92 Å². The van der Waals surface area contributed by atoms with Crippen LogP contribution in [-0.4, -0.2) is 42.8 Å². The SMILES string of the molecule is CC(CO)CNCC1CC(F)(F)C(=O)O1. The average Bonchev–Trinajstić information content (AvgIpc) is 2.40. The van der Waals surface area contributed by atoms with Gasteiger partial charge in [0.2, 0.25) is 0 Å². The van der Waals surface area contributed by atoms with Crippen molar-refractivity contribution in [1.82, 2.24) is 5.32 Å². The molecule has 0 amide bonds. The fourth-order valence-corrected chi connectivity index (χ4v) is 1.32. The number of nitrogens with one attached hydrogen (secondary N) is 1. The van der Waals surface area contributed by atoms with Crippen molar-refractivity contribution in [2.45, 2.75) is 25.4 Å². The minimum absolute atomic E-state index is 0.0353. The third kappa shape index (κ3) is 3.39. The van der Waals surface area contributed by atoms with E-state index in [9.17, 15) is 13.6 Å². The standard InChI is InChI=1S/C9H15F2NO3/c1-6(5-13)3-12-4-7-2-9(10,11)8(14)15-7/h6-7,12-13H,2-5H2,1H3. The molecule has 4 nitrogen and oxygen atoms in total. The molecule has 0 aromatic heterocycles. The van der Waals surface area contributed by atoms with Gasteiger partial charge in [0.1, 0.15) is 6.10 Å². The summed E-state index contributed by atoms with van der Waals surface area (Å²) in [4.78, 5) is 10.6. The topological polar surface area (TPSA) is 58.6 Å². The van der Waals surface area contributed by atoms with Crippen LogP contribution in [0.4, 0.5) is 8.78 Å². The fourth-order valence-electron chi connectivity index (χ4n) is 1.32. The first-order valence-electron chi connectivity index (χ1n) is 4.86. The lowest BCUT2D eigenvalue weighted by Crippen LogP contribution is -2.31. The molecule has 1 aliphatic rings. The molecule has 1 heterocycles. The van der Waals surface area contributed by atoms with Gasteiger partial charge in [-0.2, -0.15) is 8.78 Å². The molecule has 0 radical (unpaired) electrons. The number of cyclic esters (lactones) is 1. The van der Waals surface area contributed by atoms with Crippen LogP contribution in [0.25, 0.3) is 0 Å². The average molecular weight is 223 g/mol. The van der Waals surface area contributed by atoms with Crippen LogP contribution >= 0.6 is 0 Å². The molecule has 0 aromatic carbocycles. The van der Waals surface area contributed by atoms with Crippen LogP contribution in [0.2, 0.25) is 0 Å². The van der Waals surface area contributed by atoms with Gasteiger partial charge in [0.05, 0.1) is 6.42 Å².